The zero-order valence-corrected chi connectivity index (χ0v) is 15.3. The summed E-state index contributed by atoms with van der Waals surface area (Å²) in [5.74, 6) is 1.41. The summed E-state index contributed by atoms with van der Waals surface area (Å²) in [4.78, 5) is 25.9. The minimum atomic E-state index is -0.108. The molecule has 1 fully saturated rings. The highest BCUT2D eigenvalue weighted by Crippen LogP contribution is 2.26. The van der Waals surface area contributed by atoms with Crippen LogP contribution in [-0.4, -0.2) is 35.5 Å². The highest BCUT2D eigenvalue weighted by molar-refractivity contribution is 6.04. The first-order valence-electron chi connectivity index (χ1n) is 9.05. The smallest absolute Gasteiger partial charge is 0.276 e. The largest absolute Gasteiger partial charge is 0.354 e. The quantitative estimate of drug-likeness (QED) is 0.850. The number of rotatable bonds is 4. The van der Waals surface area contributed by atoms with Gasteiger partial charge >= 0.3 is 0 Å². The summed E-state index contributed by atoms with van der Waals surface area (Å²) in [5, 5.41) is 0. The average molecular weight is 338 g/mol. The Labute approximate surface area is 149 Å². The molecule has 0 saturated carbocycles. The van der Waals surface area contributed by atoms with Gasteiger partial charge in [0.1, 0.15) is 17.3 Å². The van der Waals surface area contributed by atoms with Crippen LogP contribution in [0.25, 0.3) is 0 Å². The molecule has 0 aliphatic carbocycles. The molecule has 132 valence electrons. The van der Waals surface area contributed by atoms with Crippen molar-refractivity contribution in [3.8, 4) is 0 Å². The molecule has 3 rings (SSSR count). The maximum absolute atomic E-state index is 12.9. The molecule has 0 spiro atoms. The highest BCUT2D eigenvalue weighted by Gasteiger charge is 2.24. The molecule has 2 heterocycles. The number of piperidine rings is 1. The SMILES string of the molecule is CCC1CCCCN1c1cc(C(=O)N(C)c2ccccc2)nc(C)n1. The summed E-state index contributed by atoms with van der Waals surface area (Å²) < 4.78 is 0. The fourth-order valence-electron chi connectivity index (χ4n) is 3.48. The van der Waals surface area contributed by atoms with Crippen LogP contribution < -0.4 is 9.80 Å². The molecule has 2 aromatic rings. The first-order chi connectivity index (χ1) is 12.1. The van der Waals surface area contributed by atoms with E-state index in [2.05, 4.69) is 21.8 Å². The van der Waals surface area contributed by atoms with E-state index in [0.29, 0.717) is 17.6 Å². The Morgan fingerprint density at radius 3 is 2.72 bits per heavy atom. The van der Waals surface area contributed by atoms with Crippen molar-refractivity contribution in [1.82, 2.24) is 9.97 Å². The summed E-state index contributed by atoms with van der Waals surface area (Å²) in [6.07, 6.45) is 4.72. The van der Waals surface area contributed by atoms with Crippen molar-refractivity contribution in [2.75, 3.05) is 23.4 Å². The number of hydrogen-bond acceptors (Lipinski definition) is 4. The van der Waals surface area contributed by atoms with Gasteiger partial charge in [0.2, 0.25) is 0 Å². The van der Waals surface area contributed by atoms with Gasteiger partial charge in [-0.2, -0.15) is 0 Å². The fraction of sp³-hybridized carbons (Fsp3) is 0.450. The number of anilines is 2. The molecule has 0 bridgehead atoms. The predicted molar refractivity (Wildman–Crippen MR) is 101 cm³/mol. The molecule has 1 atom stereocenters. The summed E-state index contributed by atoms with van der Waals surface area (Å²) in [6, 6.07) is 12.0. The molecule has 1 amide bonds. The van der Waals surface area contributed by atoms with E-state index in [0.717, 1.165) is 24.5 Å². The third kappa shape index (κ3) is 3.81. The van der Waals surface area contributed by atoms with Gasteiger partial charge < -0.3 is 9.80 Å². The molecule has 1 aromatic heterocycles. The Bertz CT molecular complexity index is 732. The number of nitrogens with zero attached hydrogens (tertiary/aromatic N) is 4. The number of hydrogen-bond donors (Lipinski definition) is 0. The molecule has 0 radical (unpaired) electrons. The monoisotopic (exact) mass is 338 g/mol. The molecule has 0 N–H and O–H groups in total. The Hall–Kier alpha value is -2.43. The normalized spacial score (nSPS) is 17.4. The lowest BCUT2D eigenvalue weighted by molar-refractivity contribution is 0.0988. The van der Waals surface area contributed by atoms with Gasteiger partial charge in [0.25, 0.3) is 5.91 Å². The lowest BCUT2D eigenvalue weighted by atomic mass is 10.00. The molecule has 1 saturated heterocycles. The molecule has 1 unspecified atom stereocenters. The van der Waals surface area contributed by atoms with Gasteiger partial charge in [-0.25, -0.2) is 9.97 Å². The van der Waals surface area contributed by atoms with Gasteiger partial charge in [0.15, 0.2) is 0 Å². The van der Waals surface area contributed by atoms with Crippen LogP contribution in [0, 0.1) is 6.92 Å². The molecular formula is C20H26N4O. The highest BCUT2D eigenvalue weighted by atomic mass is 16.2. The number of amides is 1. The number of aryl methyl sites for hydroxylation is 1. The van der Waals surface area contributed by atoms with Crippen LogP contribution >= 0.6 is 0 Å². The van der Waals surface area contributed by atoms with E-state index < -0.39 is 0 Å². The summed E-state index contributed by atoms with van der Waals surface area (Å²) in [7, 11) is 1.78. The topological polar surface area (TPSA) is 49.3 Å². The van der Waals surface area contributed by atoms with Crippen molar-refractivity contribution >= 4 is 17.4 Å². The van der Waals surface area contributed by atoms with Crippen LogP contribution in [0.3, 0.4) is 0 Å². The van der Waals surface area contributed by atoms with Crippen molar-refractivity contribution in [1.29, 1.82) is 0 Å². The molecule has 1 aliphatic rings. The standard InChI is InChI=1S/C20H26N4O/c1-4-16-10-8-9-13-24(16)19-14-18(21-15(2)22-19)20(25)23(3)17-11-6-5-7-12-17/h5-7,11-12,14,16H,4,8-10,13H2,1-3H3. The van der Waals surface area contributed by atoms with Crippen LogP contribution in [0.5, 0.6) is 0 Å². The zero-order chi connectivity index (χ0) is 17.8. The van der Waals surface area contributed by atoms with Gasteiger partial charge in [0.05, 0.1) is 0 Å². The van der Waals surface area contributed by atoms with E-state index in [1.165, 1.54) is 19.3 Å². The predicted octanol–water partition coefficient (Wildman–Crippen LogP) is 3.83. The van der Waals surface area contributed by atoms with Crippen LogP contribution in [0.15, 0.2) is 36.4 Å². The average Bonchev–Trinajstić information content (AvgIpc) is 2.67. The molecule has 5 nitrogen and oxygen atoms in total. The molecule has 5 heteroatoms. The number of carbonyl (C=O) groups excluding carboxylic acids is 1. The Morgan fingerprint density at radius 2 is 2.00 bits per heavy atom. The van der Waals surface area contributed by atoms with E-state index in [9.17, 15) is 4.79 Å². The summed E-state index contributed by atoms with van der Waals surface area (Å²) >= 11 is 0. The van der Waals surface area contributed by atoms with E-state index in [4.69, 9.17) is 0 Å². The Balaban J connectivity index is 1.90. The van der Waals surface area contributed by atoms with Crippen molar-refractivity contribution in [3.63, 3.8) is 0 Å². The van der Waals surface area contributed by atoms with E-state index in [1.807, 2.05) is 43.3 Å². The van der Waals surface area contributed by atoms with Crippen LogP contribution in [-0.2, 0) is 0 Å². The van der Waals surface area contributed by atoms with Gasteiger partial charge in [-0.15, -0.1) is 0 Å². The maximum atomic E-state index is 12.9. The third-order valence-electron chi connectivity index (χ3n) is 4.88. The second kappa shape index (κ2) is 7.64. The fourth-order valence-corrected chi connectivity index (χ4v) is 3.48. The van der Waals surface area contributed by atoms with Gasteiger partial charge in [-0.3, -0.25) is 4.79 Å². The minimum absolute atomic E-state index is 0.108. The molecule has 1 aromatic carbocycles. The molecule has 1 aliphatic heterocycles. The Morgan fingerprint density at radius 1 is 1.24 bits per heavy atom. The maximum Gasteiger partial charge on any atom is 0.276 e. The second-order valence-electron chi connectivity index (χ2n) is 6.61. The zero-order valence-electron chi connectivity index (χ0n) is 15.3. The minimum Gasteiger partial charge on any atom is -0.354 e. The van der Waals surface area contributed by atoms with Crippen molar-refractivity contribution in [3.05, 3.63) is 47.9 Å². The number of para-hydroxylation sites is 1. The van der Waals surface area contributed by atoms with E-state index >= 15 is 0 Å². The van der Waals surface area contributed by atoms with Crippen LogP contribution in [0.4, 0.5) is 11.5 Å². The van der Waals surface area contributed by atoms with E-state index in [-0.39, 0.29) is 5.91 Å². The second-order valence-corrected chi connectivity index (χ2v) is 6.61. The first-order valence-corrected chi connectivity index (χ1v) is 9.05. The lowest BCUT2D eigenvalue weighted by Gasteiger charge is -2.36. The van der Waals surface area contributed by atoms with E-state index in [1.54, 1.807) is 11.9 Å². The number of benzene rings is 1. The van der Waals surface area contributed by atoms with Crippen LogP contribution in [0.2, 0.25) is 0 Å². The third-order valence-corrected chi connectivity index (χ3v) is 4.88. The van der Waals surface area contributed by atoms with Crippen LogP contribution in [0.1, 0.15) is 48.9 Å². The van der Waals surface area contributed by atoms with Gasteiger partial charge in [-0.05, 0) is 44.7 Å². The number of aromatic nitrogens is 2. The summed E-state index contributed by atoms with van der Waals surface area (Å²) in [6.45, 7) is 5.07. The van der Waals surface area contributed by atoms with Gasteiger partial charge in [0, 0.05) is 31.4 Å². The first kappa shape index (κ1) is 17.4. The summed E-state index contributed by atoms with van der Waals surface area (Å²) in [5.41, 5.74) is 1.31. The van der Waals surface area contributed by atoms with Crippen molar-refractivity contribution < 1.29 is 4.79 Å². The molecular weight excluding hydrogens is 312 g/mol. The number of carbonyl (C=O) groups is 1. The van der Waals surface area contributed by atoms with Gasteiger partial charge in [-0.1, -0.05) is 25.1 Å². The lowest BCUT2D eigenvalue weighted by Crippen LogP contribution is -2.40. The van der Waals surface area contributed by atoms with Crippen molar-refractivity contribution in [2.45, 2.75) is 45.6 Å². The molecule has 25 heavy (non-hydrogen) atoms. The Kier molecular flexibility index (Phi) is 5.31. The van der Waals surface area contributed by atoms with Crippen molar-refractivity contribution in [2.24, 2.45) is 0 Å².